The summed E-state index contributed by atoms with van der Waals surface area (Å²) in [4.78, 5) is 17.8. The fraction of sp³-hybridized carbons (Fsp3) is 0.100. The van der Waals surface area contributed by atoms with E-state index >= 15 is 0 Å². The van der Waals surface area contributed by atoms with E-state index in [1.165, 1.54) is 4.68 Å². The maximum absolute atomic E-state index is 12.2. The van der Waals surface area contributed by atoms with E-state index in [2.05, 4.69) is 15.4 Å². The van der Waals surface area contributed by atoms with Crippen LogP contribution in [0, 0.1) is 0 Å². The van der Waals surface area contributed by atoms with Crippen LogP contribution >= 0.6 is 0 Å². The minimum atomic E-state index is -4.62. The second kappa shape index (κ2) is 4.47. The smallest absolute Gasteiger partial charge is 0.268 e. The summed E-state index contributed by atoms with van der Waals surface area (Å²) in [5.74, 6) is -1.88. The molecule has 1 amide bonds. The summed E-state index contributed by atoms with van der Waals surface area (Å²) >= 11 is 0. The van der Waals surface area contributed by atoms with Crippen LogP contribution in [0.5, 0.6) is 0 Å². The summed E-state index contributed by atoms with van der Waals surface area (Å²) in [6.45, 7) is 0. The molecular weight excluding hydrogens is 249 g/mol. The summed E-state index contributed by atoms with van der Waals surface area (Å²) in [6, 6.07) is 3.37. The number of carbonyl (C=O) groups excluding carboxylic acids is 1. The van der Waals surface area contributed by atoms with Gasteiger partial charge in [-0.3, -0.25) is 14.9 Å². The molecule has 94 valence electrons. The van der Waals surface area contributed by atoms with Crippen molar-refractivity contribution in [3.8, 4) is 0 Å². The Hall–Kier alpha value is -2.38. The van der Waals surface area contributed by atoms with Crippen molar-refractivity contribution >= 4 is 5.91 Å². The number of hydrogen-bond donors (Lipinski definition) is 1. The molecule has 0 saturated heterocycles. The fourth-order valence-corrected chi connectivity index (χ4v) is 1.18. The number of rotatable bonds is 2. The fourth-order valence-electron chi connectivity index (χ4n) is 1.18. The van der Waals surface area contributed by atoms with Gasteiger partial charge in [-0.25, -0.2) is 9.97 Å². The van der Waals surface area contributed by atoms with E-state index in [0.29, 0.717) is 0 Å². The molecule has 8 heteroatoms. The first-order valence-electron chi connectivity index (χ1n) is 4.80. The van der Waals surface area contributed by atoms with Crippen molar-refractivity contribution in [1.82, 2.24) is 14.6 Å². The third kappa shape index (κ3) is 2.65. The Kier molecular flexibility index (Phi) is 3.00. The largest absolute Gasteiger partial charge is 0.451 e. The summed E-state index contributed by atoms with van der Waals surface area (Å²) in [5, 5.41) is 0. The van der Waals surface area contributed by atoms with Crippen molar-refractivity contribution in [1.29, 1.82) is 0 Å². The van der Waals surface area contributed by atoms with E-state index in [1.807, 2.05) is 0 Å². The third-order valence-corrected chi connectivity index (χ3v) is 2.00. The monoisotopic (exact) mass is 256 g/mol. The molecule has 0 bridgehead atoms. The van der Waals surface area contributed by atoms with Gasteiger partial charge in [0.25, 0.3) is 5.91 Å². The van der Waals surface area contributed by atoms with Crippen molar-refractivity contribution < 1.29 is 18.0 Å². The van der Waals surface area contributed by atoms with Gasteiger partial charge < -0.3 is 0 Å². The lowest BCUT2D eigenvalue weighted by atomic mass is 10.3. The van der Waals surface area contributed by atoms with Crippen molar-refractivity contribution in [2.45, 2.75) is 6.18 Å². The predicted octanol–water partition coefficient (Wildman–Crippen LogP) is 1.68. The maximum atomic E-state index is 12.2. The molecule has 1 N–H and O–H groups in total. The van der Waals surface area contributed by atoms with Crippen LogP contribution in [0.15, 0.2) is 36.9 Å². The quantitative estimate of drug-likeness (QED) is 0.889. The number of nitrogens with one attached hydrogen (secondary N) is 1. The number of hydrogen-bond acceptors (Lipinski definition) is 3. The van der Waals surface area contributed by atoms with Gasteiger partial charge in [-0.1, -0.05) is 0 Å². The van der Waals surface area contributed by atoms with Crippen LogP contribution < -0.4 is 5.43 Å². The molecule has 2 heterocycles. The SMILES string of the molecule is O=C(Nn1cccc1)c1cnc(C(F)(F)F)nc1. The van der Waals surface area contributed by atoms with Crippen molar-refractivity contribution in [2.24, 2.45) is 0 Å². The van der Waals surface area contributed by atoms with Gasteiger partial charge in [0.15, 0.2) is 0 Å². The van der Waals surface area contributed by atoms with Gasteiger partial charge >= 0.3 is 6.18 Å². The molecule has 18 heavy (non-hydrogen) atoms. The highest BCUT2D eigenvalue weighted by atomic mass is 19.4. The lowest BCUT2D eigenvalue weighted by Gasteiger charge is -2.07. The number of halogens is 3. The second-order valence-electron chi connectivity index (χ2n) is 3.32. The van der Waals surface area contributed by atoms with E-state index < -0.39 is 17.9 Å². The lowest BCUT2D eigenvalue weighted by molar-refractivity contribution is -0.145. The van der Waals surface area contributed by atoms with Crippen molar-refractivity contribution in [2.75, 3.05) is 5.43 Å². The molecule has 0 saturated carbocycles. The zero-order valence-electron chi connectivity index (χ0n) is 8.85. The summed E-state index contributed by atoms with van der Waals surface area (Å²) < 4.78 is 37.9. The van der Waals surface area contributed by atoms with Crippen LogP contribution in [0.25, 0.3) is 0 Å². The van der Waals surface area contributed by atoms with Crippen molar-refractivity contribution in [3.05, 3.63) is 48.3 Å². The van der Waals surface area contributed by atoms with Gasteiger partial charge in [0, 0.05) is 24.8 Å². The molecule has 0 unspecified atom stereocenters. The standard InChI is InChI=1S/C10H7F3N4O/c11-10(12,13)9-14-5-7(6-15-9)8(18)16-17-3-1-2-4-17/h1-6H,(H,16,18). The van der Waals surface area contributed by atoms with E-state index in [4.69, 9.17) is 0 Å². The molecular formula is C10H7F3N4O. The molecule has 0 aliphatic carbocycles. The highest BCUT2D eigenvalue weighted by molar-refractivity contribution is 5.99. The first-order chi connectivity index (χ1) is 8.47. The van der Waals surface area contributed by atoms with Crippen LogP contribution in [0.2, 0.25) is 0 Å². The lowest BCUT2D eigenvalue weighted by Crippen LogP contribution is -2.22. The van der Waals surface area contributed by atoms with Crippen LogP contribution in [-0.2, 0) is 6.18 Å². The van der Waals surface area contributed by atoms with Gasteiger partial charge in [-0.05, 0) is 12.1 Å². The number of nitrogens with zero attached hydrogens (tertiary/aromatic N) is 3. The molecule has 0 radical (unpaired) electrons. The van der Waals surface area contributed by atoms with Crippen LogP contribution in [0.1, 0.15) is 16.2 Å². The molecule has 2 aromatic heterocycles. The Balaban J connectivity index is 2.12. The minimum Gasteiger partial charge on any atom is -0.268 e. The van der Waals surface area contributed by atoms with Gasteiger partial charge in [0.05, 0.1) is 5.56 Å². The van der Waals surface area contributed by atoms with E-state index in [1.54, 1.807) is 24.5 Å². The Labute approximate surface area is 99.3 Å². The number of alkyl halides is 3. The zero-order valence-corrected chi connectivity index (χ0v) is 8.85. The van der Waals surface area contributed by atoms with Gasteiger partial charge in [-0.2, -0.15) is 13.2 Å². The molecule has 0 aromatic carbocycles. The third-order valence-electron chi connectivity index (χ3n) is 2.00. The van der Waals surface area contributed by atoms with Crippen LogP contribution in [0.4, 0.5) is 13.2 Å². The topological polar surface area (TPSA) is 59.8 Å². The second-order valence-corrected chi connectivity index (χ2v) is 3.32. The Morgan fingerprint density at radius 1 is 1.17 bits per heavy atom. The number of carbonyl (C=O) groups is 1. The Bertz CT molecular complexity index is 533. The normalized spacial score (nSPS) is 11.3. The van der Waals surface area contributed by atoms with E-state index in [0.717, 1.165) is 12.4 Å². The molecule has 5 nitrogen and oxygen atoms in total. The molecule has 0 aliphatic heterocycles. The van der Waals surface area contributed by atoms with E-state index in [9.17, 15) is 18.0 Å². The average molecular weight is 256 g/mol. The predicted molar refractivity (Wildman–Crippen MR) is 55.2 cm³/mol. The van der Waals surface area contributed by atoms with Gasteiger partial charge in [0.2, 0.25) is 5.82 Å². The van der Waals surface area contributed by atoms with E-state index in [-0.39, 0.29) is 5.56 Å². The maximum Gasteiger partial charge on any atom is 0.451 e. The molecule has 2 aromatic rings. The zero-order chi connectivity index (χ0) is 13.2. The molecule has 0 atom stereocenters. The van der Waals surface area contributed by atoms with Gasteiger partial charge in [0.1, 0.15) is 0 Å². The van der Waals surface area contributed by atoms with Gasteiger partial charge in [-0.15, -0.1) is 0 Å². The van der Waals surface area contributed by atoms with Crippen LogP contribution in [0.3, 0.4) is 0 Å². The highest BCUT2D eigenvalue weighted by Gasteiger charge is 2.34. The van der Waals surface area contributed by atoms with Crippen LogP contribution in [-0.4, -0.2) is 20.6 Å². The van der Waals surface area contributed by atoms with Crippen molar-refractivity contribution in [3.63, 3.8) is 0 Å². The summed E-state index contributed by atoms with van der Waals surface area (Å²) in [5.41, 5.74) is 2.35. The minimum absolute atomic E-state index is 0.0586. The highest BCUT2D eigenvalue weighted by Crippen LogP contribution is 2.25. The molecule has 0 spiro atoms. The number of amides is 1. The summed E-state index contributed by atoms with van der Waals surface area (Å²) in [6.07, 6.45) is 0.185. The molecule has 2 rings (SSSR count). The molecule has 0 fully saturated rings. The Morgan fingerprint density at radius 2 is 1.72 bits per heavy atom. The average Bonchev–Trinajstić information content (AvgIpc) is 2.81. The number of aromatic nitrogens is 3. The Morgan fingerprint density at radius 3 is 2.22 bits per heavy atom. The summed E-state index contributed by atoms with van der Waals surface area (Å²) in [7, 11) is 0. The first kappa shape index (κ1) is 12.1. The molecule has 0 aliphatic rings. The first-order valence-corrected chi connectivity index (χ1v) is 4.80.